The van der Waals surface area contributed by atoms with Crippen molar-refractivity contribution in [3.8, 4) is 0 Å². The highest BCUT2D eigenvalue weighted by Gasteiger charge is 2.16. The van der Waals surface area contributed by atoms with Crippen LogP contribution in [-0.4, -0.2) is 31.6 Å². The minimum atomic E-state index is -3.69. The highest BCUT2D eigenvalue weighted by molar-refractivity contribution is 7.89. The molecule has 0 fully saturated rings. The quantitative estimate of drug-likeness (QED) is 0.676. The van der Waals surface area contributed by atoms with Gasteiger partial charge in [0.15, 0.2) is 10.7 Å². The van der Waals surface area contributed by atoms with E-state index < -0.39 is 15.8 Å². The molecular formula is C14H16N4O4S2. The number of hydrogen-bond donors (Lipinski definition) is 2. The van der Waals surface area contributed by atoms with Crippen molar-refractivity contribution in [2.45, 2.75) is 11.3 Å². The minimum absolute atomic E-state index is 0.0542. The monoisotopic (exact) mass is 368 g/mol. The van der Waals surface area contributed by atoms with Crippen LogP contribution in [0.4, 0.5) is 5.13 Å². The maximum atomic E-state index is 12.4. The first-order chi connectivity index (χ1) is 11.4. The number of aromatic nitrogens is 2. The second-order valence-corrected chi connectivity index (χ2v) is 7.72. The van der Waals surface area contributed by atoms with Crippen LogP contribution in [0.25, 0.3) is 11.1 Å². The number of anilines is 1. The number of benzene rings is 1. The molecule has 2 heterocycles. The Morgan fingerprint density at radius 1 is 1.38 bits per heavy atom. The summed E-state index contributed by atoms with van der Waals surface area (Å²) >= 11 is 1.47. The molecule has 0 aliphatic carbocycles. The van der Waals surface area contributed by atoms with E-state index in [0.717, 1.165) is 10.8 Å². The predicted molar refractivity (Wildman–Crippen MR) is 92.0 cm³/mol. The molecule has 0 spiro atoms. The van der Waals surface area contributed by atoms with E-state index in [0.29, 0.717) is 11.9 Å². The van der Waals surface area contributed by atoms with Gasteiger partial charge in [-0.15, -0.1) is 11.3 Å². The van der Waals surface area contributed by atoms with Crippen molar-refractivity contribution < 1.29 is 12.8 Å². The molecule has 3 rings (SSSR count). The summed E-state index contributed by atoms with van der Waals surface area (Å²) in [5.74, 6) is -0.531. The third-order valence-electron chi connectivity index (χ3n) is 3.51. The van der Waals surface area contributed by atoms with E-state index in [4.69, 9.17) is 4.42 Å². The van der Waals surface area contributed by atoms with E-state index in [1.165, 1.54) is 28.0 Å². The zero-order valence-electron chi connectivity index (χ0n) is 13.1. The van der Waals surface area contributed by atoms with Crippen molar-refractivity contribution in [2.75, 3.05) is 18.9 Å². The molecule has 0 aliphatic rings. The molecule has 0 aliphatic heterocycles. The number of nitrogens with zero attached hydrogens (tertiary/aromatic N) is 2. The minimum Gasteiger partial charge on any atom is -0.408 e. The number of rotatable bonds is 6. The lowest BCUT2D eigenvalue weighted by Crippen LogP contribution is -2.26. The van der Waals surface area contributed by atoms with Crippen LogP contribution in [0, 0.1) is 0 Å². The number of thiazole rings is 1. The molecule has 0 amide bonds. The summed E-state index contributed by atoms with van der Waals surface area (Å²) in [5, 5.41) is 5.60. The largest absolute Gasteiger partial charge is 0.419 e. The average molecular weight is 368 g/mol. The molecule has 8 nitrogen and oxygen atoms in total. The first-order valence-electron chi connectivity index (χ1n) is 7.12. The van der Waals surface area contributed by atoms with E-state index in [1.807, 2.05) is 5.38 Å². The molecule has 0 unspecified atom stereocenters. The number of nitrogens with one attached hydrogen (secondary N) is 2. The van der Waals surface area contributed by atoms with E-state index in [1.54, 1.807) is 20.2 Å². The number of aryl methyl sites for hydroxylation is 1. The second kappa shape index (κ2) is 6.38. The van der Waals surface area contributed by atoms with Gasteiger partial charge >= 0.3 is 5.76 Å². The fraction of sp³-hybridized carbons (Fsp3) is 0.286. The van der Waals surface area contributed by atoms with E-state index in [-0.39, 0.29) is 17.0 Å². The average Bonchev–Trinajstić information content (AvgIpc) is 3.12. The van der Waals surface area contributed by atoms with Crippen LogP contribution in [0.3, 0.4) is 0 Å². The highest BCUT2D eigenvalue weighted by atomic mass is 32.2. The SMILES string of the molecule is CNc1nc(CCNS(=O)(=O)c2ccc3c(c2)oc(=O)n3C)cs1. The zero-order chi connectivity index (χ0) is 17.3. The summed E-state index contributed by atoms with van der Waals surface area (Å²) in [6.45, 7) is 0.228. The van der Waals surface area contributed by atoms with E-state index in [2.05, 4.69) is 15.0 Å². The van der Waals surface area contributed by atoms with Crippen molar-refractivity contribution in [1.29, 1.82) is 0 Å². The molecule has 0 saturated carbocycles. The van der Waals surface area contributed by atoms with Gasteiger partial charge in [0, 0.05) is 38.5 Å². The third-order valence-corrected chi connectivity index (χ3v) is 5.88. The van der Waals surface area contributed by atoms with Crippen molar-refractivity contribution in [2.24, 2.45) is 7.05 Å². The molecule has 0 saturated heterocycles. The maximum Gasteiger partial charge on any atom is 0.419 e. The Kier molecular flexibility index (Phi) is 4.43. The van der Waals surface area contributed by atoms with Crippen molar-refractivity contribution in [1.82, 2.24) is 14.3 Å². The standard InChI is InChI=1S/C14H16N4O4S2/c1-15-13-17-9(8-23-13)5-6-16-24(20,21)10-3-4-11-12(7-10)22-14(19)18(11)2/h3-4,7-8,16H,5-6H2,1-2H3,(H,15,17). The lowest BCUT2D eigenvalue weighted by Gasteiger charge is -2.06. The van der Waals surface area contributed by atoms with Crippen LogP contribution in [0.15, 0.2) is 37.7 Å². The summed E-state index contributed by atoms with van der Waals surface area (Å²) in [5.41, 5.74) is 1.60. The first kappa shape index (κ1) is 16.7. The number of oxazole rings is 1. The molecule has 2 N–H and O–H groups in total. The van der Waals surface area contributed by atoms with Gasteiger partial charge in [0.2, 0.25) is 10.0 Å². The van der Waals surface area contributed by atoms with Gasteiger partial charge < -0.3 is 9.73 Å². The van der Waals surface area contributed by atoms with Gasteiger partial charge in [-0.05, 0) is 12.1 Å². The fourth-order valence-electron chi connectivity index (χ4n) is 2.21. The fourth-order valence-corrected chi connectivity index (χ4v) is 3.97. The molecule has 24 heavy (non-hydrogen) atoms. The second-order valence-electron chi connectivity index (χ2n) is 5.10. The molecule has 10 heteroatoms. The molecular weight excluding hydrogens is 352 g/mol. The van der Waals surface area contributed by atoms with Gasteiger partial charge in [0.25, 0.3) is 0 Å². The molecule has 0 atom stereocenters. The molecule has 128 valence electrons. The molecule has 2 aromatic heterocycles. The van der Waals surface area contributed by atoms with Gasteiger partial charge in [0.05, 0.1) is 16.1 Å². The summed E-state index contributed by atoms with van der Waals surface area (Å²) in [7, 11) is -0.341. The highest BCUT2D eigenvalue weighted by Crippen LogP contribution is 2.18. The Balaban J connectivity index is 1.74. The van der Waals surface area contributed by atoms with Crippen molar-refractivity contribution >= 4 is 37.6 Å². The molecule has 0 radical (unpaired) electrons. The smallest absolute Gasteiger partial charge is 0.408 e. The van der Waals surface area contributed by atoms with Crippen LogP contribution in [-0.2, 0) is 23.5 Å². The molecule has 1 aromatic carbocycles. The summed E-state index contributed by atoms with van der Waals surface area (Å²) < 4.78 is 33.6. The summed E-state index contributed by atoms with van der Waals surface area (Å²) in [6, 6.07) is 4.34. The Hall–Kier alpha value is -2.17. The van der Waals surface area contributed by atoms with E-state index in [9.17, 15) is 13.2 Å². The van der Waals surface area contributed by atoms with Crippen molar-refractivity contribution in [3.05, 3.63) is 39.8 Å². The topological polar surface area (TPSA) is 106 Å². The van der Waals surface area contributed by atoms with Crippen LogP contribution in [0.2, 0.25) is 0 Å². The zero-order valence-corrected chi connectivity index (χ0v) is 14.7. The lowest BCUT2D eigenvalue weighted by atomic mass is 10.3. The van der Waals surface area contributed by atoms with Crippen molar-refractivity contribution in [3.63, 3.8) is 0 Å². The van der Waals surface area contributed by atoms with Crippen LogP contribution in [0.5, 0.6) is 0 Å². The first-order valence-corrected chi connectivity index (χ1v) is 9.48. The Labute approximate surface area is 142 Å². The maximum absolute atomic E-state index is 12.4. The molecule has 3 aromatic rings. The Bertz CT molecular complexity index is 1030. The normalized spacial score (nSPS) is 11.9. The number of hydrogen-bond acceptors (Lipinski definition) is 7. The van der Waals surface area contributed by atoms with Crippen LogP contribution >= 0.6 is 11.3 Å². The van der Waals surface area contributed by atoms with Crippen LogP contribution in [0.1, 0.15) is 5.69 Å². The summed E-state index contributed by atoms with van der Waals surface area (Å²) in [6.07, 6.45) is 0.486. The lowest BCUT2D eigenvalue weighted by molar-refractivity contribution is 0.527. The van der Waals surface area contributed by atoms with E-state index >= 15 is 0 Å². The molecule has 0 bridgehead atoms. The summed E-state index contributed by atoms with van der Waals surface area (Å²) in [4.78, 5) is 15.8. The van der Waals surface area contributed by atoms with Gasteiger partial charge in [-0.3, -0.25) is 4.57 Å². The van der Waals surface area contributed by atoms with Gasteiger partial charge in [-0.1, -0.05) is 0 Å². The Morgan fingerprint density at radius 3 is 2.88 bits per heavy atom. The number of fused-ring (bicyclic) bond motifs is 1. The third kappa shape index (κ3) is 3.21. The number of sulfonamides is 1. The van der Waals surface area contributed by atoms with Gasteiger partial charge in [-0.2, -0.15) is 0 Å². The van der Waals surface area contributed by atoms with Gasteiger partial charge in [0.1, 0.15) is 0 Å². The predicted octanol–water partition coefficient (Wildman–Crippen LogP) is 1.15. The Morgan fingerprint density at radius 2 is 2.17 bits per heavy atom. The van der Waals surface area contributed by atoms with Gasteiger partial charge in [-0.25, -0.2) is 22.9 Å². The van der Waals surface area contributed by atoms with Crippen LogP contribution < -0.4 is 15.8 Å².